The molecule has 0 atom stereocenters. The molecule has 2 N–H and O–H groups in total. The Kier molecular flexibility index (Phi) is 4.08. The molecule has 6 heteroatoms. The maximum Gasteiger partial charge on any atom is 0.323 e. The highest BCUT2D eigenvalue weighted by Gasteiger charge is 2.09. The van der Waals surface area contributed by atoms with Crippen LogP contribution in [0.2, 0.25) is 0 Å². The van der Waals surface area contributed by atoms with Crippen molar-refractivity contribution < 1.29 is 4.74 Å². The van der Waals surface area contributed by atoms with E-state index in [9.17, 15) is 0 Å². The summed E-state index contributed by atoms with van der Waals surface area (Å²) in [4.78, 5) is 14.1. The van der Waals surface area contributed by atoms with E-state index in [-0.39, 0.29) is 12.0 Å². The zero-order valence-electron chi connectivity index (χ0n) is 9.40. The normalized spacial score (nSPS) is 10.1. The van der Waals surface area contributed by atoms with E-state index in [0.717, 1.165) is 13.1 Å². The molecule has 0 radical (unpaired) electrons. The minimum atomic E-state index is 0.190. The van der Waals surface area contributed by atoms with Crippen LogP contribution < -0.4 is 15.4 Å². The second kappa shape index (κ2) is 5.33. The van der Waals surface area contributed by atoms with Gasteiger partial charge in [0.25, 0.3) is 0 Å². The zero-order chi connectivity index (χ0) is 11.3. The van der Waals surface area contributed by atoms with Gasteiger partial charge in [0, 0.05) is 13.1 Å². The van der Waals surface area contributed by atoms with Gasteiger partial charge in [0.2, 0.25) is 11.9 Å². The van der Waals surface area contributed by atoms with E-state index in [0.29, 0.717) is 12.6 Å². The predicted octanol–water partition coefficient (Wildman–Crippen LogP) is 0.699. The molecule has 0 unspecified atom stereocenters. The standard InChI is InChI=1S/C9H17N5O/c1-4-14(5-2)8-11-7(10)12-9(13-8)15-6-3/h4-6H2,1-3H3,(H2,10,11,12,13). The van der Waals surface area contributed by atoms with Gasteiger partial charge in [0.05, 0.1) is 6.61 Å². The number of hydrogen-bond donors (Lipinski definition) is 1. The number of aromatic nitrogens is 3. The average Bonchev–Trinajstić information content (AvgIpc) is 2.19. The van der Waals surface area contributed by atoms with E-state index in [1.165, 1.54) is 0 Å². The highest BCUT2D eigenvalue weighted by molar-refractivity contribution is 5.35. The number of rotatable bonds is 5. The van der Waals surface area contributed by atoms with Gasteiger partial charge in [0.15, 0.2) is 0 Å². The molecule has 0 aliphatic carbocycles. The number of nitrogens with zero attached hydrogens (tertiary/aromatic N) is 4. The first-order valence-corrected chi connectivity index (χ1v) is 5.10. The van der Waals surface area contributed by atoms with Gasteiger partial charge in [-0.25, -0.2) is 0 Å². The molecule has 0 aliphatic heterocycles. The maximum absolute atomic E-state index is 5.57. The van der Waals surface area contributed by atoms with Crippen molar-refractivity contribution in [3.05, 3.63) is 0 Å². The van der Waals surface area contributed by atoms with Crippen molar-refractivity contribution in [2.24, 2.45) is 0 Å². The Morgan fingerprint density at radius 2 is 1.80 bits per heavy atom. The number of nitrogen functional groups attached to an aromatic ring is 1. The summed E-state index contributed by atoms with van der Waals surface area (Å²) in [6.07, 6.45) is 0. The molecule has 84 valence electrons. The Morgan fingerprint density at radius 1 is 1.13 bits per heavy atom. The Bertz CT molecular complexity index is 313. The van der Waals surface area contributed by atoms with Crippen LogP contribution in [-0.2, 0) is 0 Å². The van der Waals surface area contributed by atoms with Crippen molar-refractivity contribution in [3.63, 3.8) is 0 Å². The van der Waals surface area contributed by atoms with Crippen LogP contribution in [0.25, 0.3) is 0 Å². The SMILES string of the molecule is CCOc1nc(N)nc(N(CC)CC)n1. The molecule has 0 saturated heterocycles. The minimum Gasteiger partial charge on any atom is -0.464 e. The highest BCUT2D eigenvalue weighted by Crippen LogP contribution is 2.12. The van der Waals surface area contributed by atoms with Crippen molar-refractivity contribution in [2.75, 3.05) is 30.3 Å². The third-order valence-electron chi connectivity index (χ3n) is 1.94. The summed E-state index contributed by atoms with van der Waals surface area (Å²) in [5, 5.41) is 0. The molecule has 15 heavy (non-hydrogen) atoms. The molecule has 1 aromatic heterocycles. The van der Waals surface area contributed by atoms with Crippen molar-refractivity contribution in [1.82, 2.24) is 15.0 Å². The second-order valence-electron chi connectivity index (χ2n) is 2.88. The van der Waals surface area contributed by atoms with E-state index < -0.39 is 0 Å². The van der Waals surface area contributed by atoms with E-state index in [4.69, 9.17) is 10.5 Å². The number of ether oxygens (including phenoxy) is 1. The summed E-state index contributed by atoms with van der Waals surface area (Å²) in [5.74, 6) is 0.756. The monoisotopic (exact) mass is 211 g/mol. The first-order valence-electron chi connectivity index (χ1n) is 5.10. The smallest absolute Gasteiger partial charge is 0.323 e. The quantitative estimate of drug-likeness (QED) is 0.772. The molecular weight excluding hydrogens is 194 g/mol. The second-order valence-corrected chi connectivity index (χ2v) is 2.88. The topological polar surface area (TPSA) is 77.2 Å². The molecule has 1 aromatic rings. The summed E-state index contributed by atoms with van der Waals surface area (Å²) in [7, 11) is 0. The summed E-state index contributed by atoms with van der Waals surface area (Å²) >= 11 is 0. The highest BCUT2D eigenvalue weighted by atomic mass is 16.5. The Hall–Kier alpha value is -1.59. The molecule has 1 rings (SSSR count). The summed E-state index contributed by atoms with van der Waals surface area (Å²) in [5.41, 5.74) is 5.57. The van der Waals surface area contributed by atoms with Crippen LogP contribution in [0.5, 0.6) is 6.01 Å². The number of hydrogen-bond acceptors (Lipinski definition) is 6. The Balaban J connectivity index is 2.96. The fraction of sp³-hybridized carbons (Fsp3) is 0.667. The Labute approximate surface area is 89.5 Å². The lowest BCUT2D eigenvalue weighted by Crippen LogP contribution is -2.25. The molecule has 0 spiro atoms. The van der Waals surface area contributed by atoms with Gasteiger partial charge in [0.1, 0.15) is 0 Å². The molecule has 0 fully saturated rings. The van der Waals surface area contributed by atoms with Crippen LogP contribution in [0.4, 0.5) is 11.9 Å². The lowest BCUT2D eigenvalue weighted by Gasteiger charge is -2.18. The predicted molar refractivity (Wildman–Crippen MR) is 59.0 cm³/mol. The van der Waals surface area contributed by atoms with Crippen LogP contribution in [0.3, 0.4) is 0 Å². The zero-order valence-corrected chi connectivity index (χ0v) is 9.40. The molecular formula is C9H17N5O. The van der Waals surface area contributed by atoms with Gasteiger partial charge in [-0.15, -0.1) is 0 Å². The van der Waals surface area contributed by atoms with Crippen molar-refractivity contribution in [3.8, 4) is 6.01 Å². The summed E-state index contributed by atoms with van der Waals surface area (Å²) in [6, 6.07) is 0.284. The van der Waals surface area contributed by atoms with Crippen LogP contribution in [-0.4, -0.2) is 34.6 Å². The molecule has 0 aliphatic rings. The molecule has 6 nitrogen and oxygen atoms in total. The third-order valence-corrected chi connectivity index (χ3v) is 1.94. The first-order chi connectivity index (χ1) is 7.21. The van der Waals surface area contributed by atoms with Gasteiger partial charge in [-0.05, 0) is 20.8 Å². The number of nitrogens with two attached hydrogens (primary N) is 1. The molecule has 0 saturated carbocycles. The van der Waals surface area contributed by atoms with E-state index in [1.54, 1.807) is 0 Å². The first kappa shape index (κ1) is 11.5. The number of anilines is 2. The third kappa shape index (κ3) is 2.93. The minimum absolute atomic E-state index is 0.190. The molecule has 0 aromatic carbocycles. The van der Waals surface area contributed by atoms with E-state index in [1.807, 2.05) is 25.7 Å². The largest absolute Gasteiger partial charge is 0.464 e. The molecule has 0 amide bonds. The van der Waals surface area contributed by atoms with Crippen LogP contribution >= 0.6 is 0 Å². The molecule has 1 heterocycles. The van der Waals surface area contributed by atoms with Gasteiger partial charge in [-0.2, -0.15) is 15.0 Å². The van der Waals surface area contributed by atoms with Crippen molar-refractivity contribution in [2.45, 2.75) is 20.8 Å². The lowest BCUT2D eigenvalue weighted by molar-refractivity contribution is 0.312. The summed E-state index contributed by atoms with van der Waals surface area (Å²) < 4.78 is 5.20. The van der Waals surface area contributed by atoms with Crippen molar-refractivity contribution in [1.29, 1.82) is 0 Å². The average molecular weight is 211 g/mol. The fourth-order valence-electron chi connectivity index (χ4n) is 1.20. The van der Waals surface area contributed by atoms with Crippen molar-refractivity contribution >= 4 is 11.9 Å². The lowest BCUT2D eigenvalue weighted by atomic mass is 10.5. The van der Waals surface area contributed by atoms with Crippen LogP contribution in [0.1, 0.15) is 20.8 Å². The van der Waals surface area contributed by atoms with E-state index in [2.05, 4.69) is 15.0 Å². The van der Waals surface area contributed by atoms with Gasteiger partial charge in [-0.3, -0.25) is 0 Å². The maximum atomic E-state index is 5.57. The van der Waals surface area contributed by atoms with Gasteiger partial charge in [-0.1, -0.05) is 0 Å². The van der Waals surface area contributed by atoms with E-state index >= 15 is 0 Å². The summed E-state index contributed by atoms with van der Waals surface area (Å²) in [6.45, 7) is 8.10. The van der Waals surface area contributed by atoms with Crippen LogP contribution in [0.15, 0.2) is 0 Å². The molecule has 0 bridgehead atoms. The van der Waals surface area contributed by atoms with Gasteiger partial charge < -0.3 is 15.4 Å². The van der Waals surface area contributed by atoms with Gasteiger partial charge >= 0.3 is 6.01 Å². The Morgan fingerprint density at radius 3 is 2.33 bits per heavy atom. The van der Waals surface area contributed by atoms with Crippen LogP contribution in [0, 0.1) is 0 Å². The fourth-order valence-corrected chi connectivity index (χ4v) is 1.20.